The van der Waals surface area contributed by atoms with E-state index in [1.165, 1.54) is 32.1 Å². The predicted octanol–water partition coefficient (Wildman–Crippen LogP) is 2.47. The molecule has 3 heteroatoms. The average Bonchev–Trinajstić information content (AvgIpc) is 2.40. The zero-order valence-electron chi connectivity index (χ0n) is 11.3. The van der Waals surface area contributed by atoms with Gasteiger partial charge in [0.1, 0.15) is 0 Å². The van der Waals surface area contributed by atoms with Crippen molar-refractivity contribution in [2.24, 2.45) is 0 Å². The van der Waals surface area contributed by atoms with Gasteiger partial charge in [-0.25, -0.2) is 0 Å². The van der Waals surface area contributed by atoms with Crippen LogP contribution in [0.4, 0.5) is 0 Å². The van der Waals surface area contributed by atoms with Gasteiger partial charge in [-0.3, -0.25) is 4.79 Å². The van der Waals surface area contributed by atoms with E-state index in [2.05, 4.69) is 5.32 Å². The van der Waals surface area contributed by atoms with Gasteiger partial charge in [-0.05, 0) is 38.8 Å². The molecule has 0 spiro atoms. The van der Waals surface area contributed by atoms with Crippen LogP contribution < -0.4 is 10.9 Å². The Balaban J connectivity index is 1.71. The number of nitrogens with one attached hydrogen (secondary N) is 1. The lowest BCUT2D eigenvalue weighted by Gasteiger charge is -2.22. The highest BCUT2D eigenvalue weighted by Gasteiger charge is 2.11. The van der Waals surface area contributed by atoms with Gasteiger partial charge in [0, 0.05) is 24.3 Å². The van der Waals surface area contributed by atoms with Crippen molar-refractivity contribution < 1.29 is 0 Å². The molecule has 1 aliphatic rings. The van der Waals surface area contributed by atoms with Gasteiger partial charge < -0.3 is 9.88 Å². The van der Waals surface area contributed by atoms with E-state index < -0.39 is 0 Å². The first-order valence-corrected chi connectivity index (χ1v) is 7.17. The standard InChI is InChI=1S/C15H24N2O/c1-13-7-5-11-17(15(13)18)12-6-10-16-14-8-3-2-4-9-14/h5,7,11,14,16H,2-4,6,8-10,12H2,1H3. The molecule has 1 N–H and O–H groups in total. The summed E-state index contributed by atoms with van der Waals surface area (Å²) in [5.74, 6) is 0. The summed E-state index contributed by atoms with van der Waals surface area (Å²) in [6, 6.07) is 4.54. The summed E-state index contributed by atoms with van der Waals surface area (Å²) in [6.45, 7) is 3.71. The van der Waals surface area contributed by atoms with Crippen molar-refractivity contribution >= 4 is 0 Å². The summed E-state index contributed by atoms with van der Waals surface area (Å²) >= 11 is 0. The maximum absolute atomic E-state index is 11.8. The van der Waals surface area contributed by atoms with Crippen molar-refractivity contribution in [3.8, 4) is 0 Å². The average molecular weight is 248 g/mol. The van der Waals surface area contributed by atoms with Gasteiger partial charge in [-0.1, -0.05) is 25.3 Å². The number of aryl methyl sites for hydroxylation is 2. The lowest BCUT2D eigenvalue weighted by molar-refractivity contribution is 0.368. The molecule has 1 saturated carbocycles. The third-order valence-electron chi connectivity index (χ3n) is 3.82. The molecule has 18 heavy (non-hydrogen) atoms. The summed E-state index contributed by atoms with van der Waals surface area (Å²) in [4.78, 5) is 11.8. The van der Waals surface area contributed by atoms with Crippen LogP contribution >= 0.6 is 0 Å². The van der Waals surface area contributed by atoms with Crippen molar-refractivity contribution in [3.05, 3.63) is 34.2 Å². The van der Waals surface area contributed by atoms with E-state index in [-0.39, 0.29) is 5.56 Å². The fraction of sp³-hybridized carbons (Fsp3) is 0.667. The fourth-order valence-corrected chi connectivity index (χ4v) is 2.70. The van der Waals surface area contributed by atoms with E-state index in [9.17, 15) is 4.79 Å². The minimum Gasteiger partial charge on any atom is -0.315 e. The number of rotatable bonds is 5. The topological polar surface area (TPSA) is 34.0 Å². The Morgan fingerprint density at radius 1 is 1.33 bits per heavy atom. The first-order valence-electron chi connectivity index (χ1n) is 7.17. The molecule has 0 unspecified atom stereocenters. The largest absolute Gasteiger partial charge is 0.315 e. The molecule has 0 aliphatic heterocycles. The Morgan fingerprint density at radius 3 is 2.89 bits per heavy atom. The highest BCUT2D eigenvalue weighted by atomic mass is 16.1. The molecule has 3 nitrogen and oxygen atoms in total. The molecule has 2 rings (SSSR count). The molecule has 0 amide bonds. The lowest BCUT2D eigenvalue weighted by atomic mass is 9.95. The van der Waals surface area contributed by atoms with Gasteiger partial charge in [0.05, 0.1) is 0 Å². The molecular formula is C15H24N2O. The predicted molar refractivity (Wildman–Crippen MR) is 74.9 cm³/mol. The lowest BCUT2D eigenvalue weighted by Crippen LogP contribution is -2.32. The number of hydrogen-bond acceptors (Lipinski definition) is 2. The van der Waals surface area contributed by atoms with E-state index in [1.54, 1.807) is 0 Å². The van der Waals surface area contributed by atoms with Gasteiger partial charge >= 0.3 is 0 Å². The van der Waals surface area contributed by atoms with Crippen LogP contribution in [0.25, 0.3) is 0 Å². The number of hydrogen-bond donors (Lipinski definition) is 1. The summed E-state index contributed by atoms with van der Waals surface area (Å²) in [7, 11) is 0. The molecule has 1 fully saturated rings. The molecule has 100 valence electrons. The van der Waals surface area contributed by atoms with Crippen LogP contribution in [0.1, 0.15) is 44.1 Å². The van der Waals surface area contributed by atoms with Gasteiger partial charge in [0.25, 0.3) is 5.56 Å². The van der Waals surface area contributed by atoms with Crippen molar-refractivity contribution in [1.29, 1.82) is 0 Å². The zero-order chi connectivity index (χ0) is 12.8. The Hall–Kier alpha value is -1.09. The molecule has 0 radical (unpaired) electrons. The maximum atomic E-state index is 11.8. The Morgan fingerprint density at radius 2 is 2.11 bits per heavy atom. The van der Waals surface area contributed by atoms with Crippen LogP contribution in [0.5, 0.6) is 0 Å². The summed E-state index contributed by atoms with van der Waals surface area (Å²) in [6.07, 6.45) is 9.70. The second-order valence-corrected chi connectivity index (χ2v) is 5.33. The molecule has 1 aliphatic carbocycles. The van der Waals surface area contributed by atoms with E-state index >= 15 is 0 Å². The molecule has 0 atom stereocenters. The van der Waals surface area contributed by atoms with Crippen molar-refractivity contribution in [3.63, 3.8) is 0 Å². The van der Waals surface area contributed by atoms with Crippen molar-refractivity contribution in [2.75, 3.05) is 6.54 Å². The molecular weight excluding hydrogens is 224 g/mol. The number of pyridine rings is 1. The van der Waals surface area contributed by atoms with Crippen LogP contribution in [-0.2, 0) is 6.54 Å². The number of nitrogens with zero attached hydrogens (tertiary/aromatic N) is 1. The highest BCUT2D eigenvalue weighted by Crippen LogP contribution is 2.17. The number of aromatic nitrogens is 1. The van der Waals surface area contributed by atoms with E-state index in [1.807, 2.05) is 29.8 Å². The summed E-state index contributed by atoms with van der Waals surface area (Å²) in [5, 5.41) is 3.61. The second-order valence-electron chi connectivity index (χ2n) is 5.33. The zero-order valence-corrected chi connectivity index (χ0v) is 11.3. The van der Waals surface area contributed by atoms with Gasteiger partial charge in [-0.2, -0.15) is 0 Å². The maximum Gasteiger partial charge on any atom is 0.253 e. The minimum absolute atomic E-state index is 0.148. The fourth-order valence-electron chi connectivity index (χ4n) is 2.70. The van der Waals surface area contributed by atoms with Crippen LogP contribution in [-0.4, -0.2) is 17.2 Å². The molecule has 0 aromatic carbocycles. The summed E-state index contributed by atoms with van der Waals surface area (Å²) < 4.78 is 1.82. The minimum atomic E-state index is 0.148. The van der Waals surface area contributed by atoms with Crippen LogP contribution in [0.3, 0.4) is 0 Å². The van der Waals surface area contributed by atoms with E-state index in [4.69, 9.17) is 0 Å². The van der Waals surface area contributed by atoms with E-state index in [0.29, 0.717) is 6.04 Å². The first kappa shape index (κ1) is 13.3. The van der Waals surface area contributed by atoms with E-state index in [0.717, 1.165) is 25.1 Å². The third-order valence-corrected chi connectivity index (χ3v) is 3.82. The second kappa shape index (κ2) is 6.74. The Labute approximate surface area is 109 Å². The molecule has 1 aromatic rings. The summed E-state index contributed by atoms with van der Waals surface area (Å²) in [5.41, 5.74) is 0.980. The first-order chi connectivity index (χ1) is 8.77. The molecule has 0 bridgehead atoms. The monoisotopic (exact) mass is 248 g/mol. The van der Waals surface area contributed by atoms with Crippen LogP contribution in [0.15, 0.2) is 23.1 Å². The van der Waals surface area contributed by atoms with Crippen LogP contribution in [0.2, 0.25) is 0 Å². The Kier molecular flexibility index (Phi) is 5.00. The van der Waals surface area contributed by atoms with Crippen molar-refractivity contribution in [2.45, 2.75) is 58.0 Å². The molecule has 1 aromatic heterocycles. The van der Waals surface area contributed by atoms with Gasteiger partial charge in [-0.15, -0.1) is 0 Å². The van der Waals surface area contributed by atoms with Crippen molar-refractivity contribution in [1.82, 2.24) is 9.88 Å². The SMILES string of the molecule is Cc1cccn(CCCNC2CCCCC2)c1=O. The normalized spacial score (nSPS) is 16.9. The smallest absolute Gasteiger partial charge is 0.253 e. The molecule has 0 saturated heterocycles. The van der Waals surface area contributed by atoms with Gasteiger partial charge in [0.15, 0.2) is 0 Å². The Bertz CT molecular complexity index is 419. The highest BCUT2D eigenvalue weighted by molar-refractivity contribution is 5.07. The van der Waals surface area contributed by atoms with Gasteiger partial charge in [0.2, 0.25) is 0 Å². The quantitative estimate of drug-likeness (QED) is 0.812. The van der Waals surface area contributed by atoms with Crippen LogP contribution in [0, 0.1) is 6.92 Å². The molecule has 1 heterocycles. The third kappa shape index (κ3) is 3.70.